The van der Waals surface area contributed by atoms with Gasteiger partial charge >= 0.3 is 0 Å². The summed E-state index contributed by atoms with van der Waals surface area (Å²) in [6.07, 6.45) is 0.374. The minimum Gasteiger partial charge on any atom is -0.504 e. The summed E-state index contributed by atoms with van der Waals surface area (Å²) in [6.45, 7) is 0.243. The number of hydrogen-bond acceptors (Lipinski definition) is 3. The highest BCUT2D eigenvalue weighted by atomic mass is 19.1. The molecule has 0 atom stereocenters. The Kier molecular flexibility index (Phi) is 3.57. The summed E-state index contributed by atoms with van der Waals surface area (Å²) in [7, 11) is 0. The second-order valence-electron chi connectivity index (χ2n) is 3.70. The molecule has 0 fully saturated rings. The minimum atomic E-state index is -0.843. The number of phenols is 1. The van der Waals surface area contributed by atoms with E-state index in [-0.39, 0.29) is 17.9 Å². The molecule has 0 aliphatic rings. The van der Waals surface area contributed by atoms with E-state index in [9.17, 15) is 14.3 Å². The van der Waals surface area contributed by atoms with Gasteiger partial charge in [0.1, 0.15) is 17.9 Å². The van der Waals surface area contributed by atoms with Gasteiger partial charge in [-0.2, -0.15) is 0 Å². The number of benzene rings is 2. The second kappa shape index (κ2) is 5.31. The monoisotopic (exact) mass is 246 g/mol. The van der Waals surface area contributed by atoms with Crippen LogP contribution >= 0.6 is 0 Å². The maximum absolute atomic E-state index is 13.0. The molecule has 4 heteroatoms. The smallest absolute Gasteiger partial charge is 0.165 e. The lowest BCUT2D eigenvalue weighted by Gasteiger charge is -2.09. The van der Waals surface area contributed by atoms with Crippen LogP contribution < -0.4 is 4.74 Å². The summed E-state index contributed by atoms with van der Waals surface area (Å²) >= 11 is 0. The van der Waals surface area contributed by atoms with Crippen molar-refractivity contribution in [2.75, 3.05) is 0 Å². The maximum Gasteiger partial charge on any atom is 0.165 e. The predicted molar refractivity (Wildman–Crippen MR) is 64.2 cm³/mol. The summed E-state index contributed by atoms with van der Waals surface area (Å²) < 4.78 is 18.4. The van der Waals surface area contributed by atoms with E-state index in [1.54, 1.807) is 0 Å². The molecule has 0 heterocycles. The van der Waals surface area contributed by atoms with Crippen molar-refractivity contribution in [1.29, 1.82) is 0 Å². The SMILES string of the molecule is O=Cc1c(OCc2ccccc2)ccc(F)c1O. The highest BCUT2D eigenvalue weighted by molar-refractivity contribution is 5.83. The van der Waals surface area contributed by atoms with Crippen LogP contribution in [-0.4, -0.2) is 11.4 Å². The van der Waals surface area contributed by atoms with Crippen molar-refractivity contribution in [3.8, 4) is 11.5 Å². The Morgan fingerprint density at radius 2 is 1.89 bits per heavy atom. The normalized spacial score (nSPS) is 10.1. The number of aromatic hydroxyl groups is 1. The van der Waals surface area contributed by atoms with Gasteiger partial charge < -0.3 is 9.84 Å². The zero-order valence-electron chi connectivity index (χ0n) is 9.47. The van der Waals surface area contributed by atoms with Crippen molar-refractivity contribution in [2.24, 2.45) is 0 Å². The topological polar surface area (TPSA) is 46.5 Å². The number of carbonyl (C=O) groups excluding carboxylic acids is 1. The Bertz CT molecular complexity index is 552. The van der Waals surface area contributed by atoms with Crippen molar-refractivity contribution >= 4 is 6.29 Å². The van der Waals surface area contributed by atoms with Crippen LogP contribution in [0.15, 0.2) is 42.5 Å². The van der Waals surface area contributed by atoms with Crippen LogP contribution in [0.1, 0.15) is 15.9 Å². The average Bonchev–Trinajstić information content (AvgIpc) is 2.41. The van der Waals surface area contributed by atoms with Gasteiger partial charge in [0.15, 0.2) is 17.9 Å². The number of rotatable bonds is 4. The molecule has 2 aromatic carbocycles. The Balaban J connectivity index is 2.20. The molecule has 0 aromatic heterocycles. The van der Waals surface area contributed by atoms with Gasteiger partial charge in [-0.15, -0.1) is 0 Å². The molecule has 0 spiro atoms. The van der Waals surface area contributed by atoms with Crippen LogP contribution in [0, 0.1) is 5.82 Å². The third kappa shape index (κ3) is 2.48. The fraction of sp³-hybridized carbons (Fsp3) is 0.0714. The summed E-state index contributed by atoms with van der Waals surface area (Å²) in [5, 5.41) is 9.39. The van der Waals surface area contributed by atoms with Crippen LogP contribution in [0.3, 0.4) is 0 Å². The Labute approximate surface area is 103 Å². The van der Waals surface area contributed by atoms with Gasteiger partial charge in [-0.3, -0.25) is 4.79 Å². The third-order valence-electron chi connectivity index (χ3n) is 2.48. The quantitative estimate of drug-likeness (QED) is 0.844. The Morgan fingerprint density at radius 3 is 2.56 bits per heavy atom. The molecule has 0 bridgehead atoms. The van der Waals surface area contributed by atoms with Crippen molar-refractivity contribution in [2.45, 2.75) is 6.61 Å². The number of ether oxygens (including phenoxy) is 1. The van der Waals surface area contributed by atoms with E-state index >= 15 is 0 Å². The first kappa shape index (κ1) is 12.1. The standard InChI is InChI=1S/C14H11FO3/c15-12-6-7-13(11(8-16)14(12)17)18-9-10-4-2-1-3-5-10/h1-8,17H,9H2. The van der Waals surface area contributed by atoms with Gasteiger partial charge in [0, 0.05) is 0 Å². The summed E-state index contributed by atoms with van der Waals surface area (Å²) in [5.41, 5.74) is 0.740. The molecule has 0 saturated heterocycles. The fourth-order valence-electron chi connectivity index (χ4n) is 1.54. The van der Waals surface area contributed by atoms with Crippen molar-refractivity contribution < 1.29 is 19.0 Å². The number of halogens is 1. The van der Waals surface area contributed by atoms with Crippen LogP contribution in [0.4, 0.5) is 4.39 Å². The first-order chi connectivity index (χ1) is 8.72. The lowest BCUT2D eigenvalue weighted by molar-refractivity contribution is 0.111. The summed E-state index contributed by atoms with van der Waals surface area (Å²) in [5.74, 6) is -1.37. The van der Waals surface area contributed by atoms with Crippen molar-refractivity contribution in [1.82, 2.24) is 0 Å². The van der Waals surface area contributed by atoms with Gasteiger partial charge in [0.2, 0.25) is 0 Å². The first-order valence-corrected chi connectivity index (χ1v) is 5.35. The van der Waals surface area contributed by atoms with E-state index in [1.165, 1.54) is 6.07 Å². The maximum atomic E-state index is 13.0. The van der Waals surface area contributed by atoms with Gasteiger partial charge in [0.25, 0.3) is 0 Å². The lowest BCUT2D eigenvalue weighted by atomic mass is 10.2. The zero-order chi connectivity index (χ0) is 13.0. The Hall–Kier alpha value is -2.36. The highest BCUT2D eigenvalue weighted by Crippen LogP contribution is 2.29. The molecular formula is C14H11FO3. The first-order valence-electron chi connectivity index (χ1n) is 5.35. The van der Waals surface area contributed by atoms with Gasteiger partial charge in [-0.05, 0) is 17.7 Å². The molecule has 3 nitrogen and oxygen atoms in total. The molecule has 1 N–H and O–H groups in total. The summed E-state index contributed by atoms with van der Waals surface area (Å²) in [4.78, 5) is 10.8. The van der Waals surface area contributed by atoms with Crippen LogP contribution in [0.5, 0.6) is 11.5 Å². The van der Waals surface area contributed by atoms with E-state index in [0.717, 1.165) is 11.6 Å². The summed E-state index contributed by atoms with van der Waals surface area (Å²) in [6, 6.07) is 11.7. The van der Waals surface area contributed by atoms with Crippen molar-refractivity contribution in [3.05, 3.63) is 59.4 Å². The molecule has 2 aromatic rings. The number of carbonyl (C=O) groups is 1. The molecular weight excluding hydrogens is 235 g/mol. The molecule has 0 amide bonds. The molecule has 0 saturated carbocycles. The third-order valence-corrected chi connectivity index (χ3v) is 2.48. The molecule has 0 aliphatic heterocycles. The molecule has 0 aliphatic carbocycles. The van der Waals surface area contributed by atoms with Gasteiger partial charge in [0.05, 0.1) is 0 Å². The second-order valence-corrected chi connectivity index (χ2v) is 3.70. The predicted octanol–water partition coefficient (Wildman–Crippen LogP) is 2.92. The number of hydrogen-bond donors (Lipinski definition) is 1. The Morgan fingerprint density at radius 1 is 1.17 bits per heavy atom. The number of phenolic OH excluding ortho intramolecular Hbond substituents is 1. The zero-order valence-corrected chi connectivity index (χ0v) is 9.47. The average molecular weight is 246 g/mol. The lowest BCUT2D eigenvalue weighted by Crippen LogP contribution is -1.99. The molecule has 2 rings (SSSR count). The molecule has 92 valence electrons. The minimum absolute atomic E-state index is 0.160. The van der Waals surface area contributed by atoms with Crippen LogP contribution in [0.25, 0.3) is 0 Å². The van der Waals surface area contributed by atoms with E-state index in [1.807, 2.05) is 30.3 Å². The molecule has 0 radical (unpaired) electrons. The van der Waals surface area contributed by atoms with E-state index in [4.69, 9.17) is 4.74 Å². The van der Waals surface area contributed by atoms with E-state index in [2.05, 4.69) is 0 Å². The van der Waals surface area contributed by atoms with E-state index in [0.29, 0.717) is 6.29 Å². The largest absolute Gasteiger partial charge is 0.504 e. The molecule has 18 heavy (non-hydrogen) atoms. The van der Waals surface area contributed by atoms with Crippen LogP contribution in [0.2, 0.25) is 0 Å². The highest BCUT2D eigenvalue weighted by Gasteiger charge is 2.13. The van der Waals surface area contributed by atoms with Crippen molar-refractivity contribution in [3.63, 3.8) is 0 Å². The van der Waals surface area contributed by atoms with Crippen LogP contribution in [-0.2, 0) is 6.61 Å². The van der Waals surface area contributed by atoms with Gasteiger partial charge in [-0.1, -0.05) is 30.3 Å². The fourth-order valence-corrected chi connectivity index (χ4v) is 1.54. The van der Waals surface area contributed by atoms with Gasteiger partial charge in [-0.25, -0.2) is 4.39 Å². The van der Waals surface area contributed by atoms with E-state index < -0.39 is 11.6 Å². The number of aldehydes is 1. The molecule has 0 unspecified atom stereocenters.